The highest BCUT2D eigenvalue weighted by molar-refractivity contribution is 7.14. The third-order valence-corrected chi connectivity index (χ3v) is 5.02. The lowest BCUT2D eigenvalue weighted by Crippen LogP contribution is -2.30. The molecule has 0 radical (unpaired) electrons. The lowest BCUT2D eigenvalue weighted by molar-refractivity contribution is -0.116. The molecule has 6 heteroatoms. The molecule has 0 saturated carbocycles. The topological polar surface area (TPSA) is 65.4 Å². The maximum Gasteiger partial charge on any atom is 0.226 e. The van der Waals surface area contributed by atoms with Gasteiger partial charge in [0.2, 0.25) is 5.91 Å². The number of anilines is 1. The van der Waals surface area contributed by atoms with Gasteiger partial charge in [0.25, 0.3) is 0 Å². The molecule has 0 bridgehead atoms. The van der Waals surface area contributed by atoms with Crippen LogP contribution in [-0.4, -0.2) is 31.0 Å². The Morgan fingerprint density at radius 2 is 2.24 bits per heavy atom. The highest BCUT2D eigenvalue weighted by Gasteiger charge is 2.16. The number of rotatable bonds is 8. The predicted molar refractivity (Wildman–Crippen MR) is 101 cm³/mol. The van der Waals surface area contributed by atoms with Gasteiger partial charge in [-0.25, -0.2) is 0 Å². The smallest absolute Gasteiger partial charge is 0.226 e. The van der Waals surface area contributed by atoms with Gasteiger partial charge in [0.15, 0.2) is 0 Å². The van der Waals surface area contributed by atoms with Crippen molar-refractivity contribution in [3.8, 4) is 11.8 Å². The number of carbonyl (C=O) groups excluding carboxylic acids is 1. The van der Waals surface area contributed by atoms with Gasteiger partial charge in [-0.3, -0.25) is 9.69 Å². The summed E-state index contributed by atoms with van der Waals surface area (Å²) in [6, 6.07) is 12.0. The van der Waals surface area contributed by atoms with Gasteiger partial charge >= 0.3 is 0 Å². The van der Waals surface area contributed by atoms with Crippen LogP contribution in [0.25, 0.3) is 0 Å². The average molecular weight is 357 g/mol. The molecular weight excluding hydrogens is 334 g/mol. The van der Waals surface area contributed by atoms with Crippen LogP contribution >= 0.6 is 11.3 Å². The highest BCUT2D eigenvalue weighted by Crippen LogP contribution is 2.25. The zero-order valence-electron chi connectivity index (χ0n) is 14.8. The number of amides is 1. The zero-order valence-corrected chi connectivity index (χ0v) is 15.6. The second-order valence-corrected chi connectivity index (χ2v) is 6.57. The van der Waals surface area contributed by atoms with Crippen LogP contribution in [0.1, 0.15) is 37.4 Å². The van der Waals surface area contributed by atoms with E-state index < -0.39 is 0 Å². The van der Waals surface area contributed by atoms with Gasteiger partial charge in [0.1, 0.15) is 16.8 Å². The molecule has 1 aromatic carbocycles. The van der Waals surface area contributed by atoms with Gasteiger partial charge in [-0.1, -0.05) is 19.1 Å². The number of benzene rings is 1. The number of hydrogen-bond donors (Lipinski definition) is 1. The number of thiophene rings is 1. The number of methoxy groups -OCH3 is 1. The van der Waals surface area contributed by atoms with Crippen molar-refractivity contribution < 1.29 is 9.53 Å². The molecule has 1 atom stereocenters. The first-order valence-corrected chi connectivity index (χ1v) is 9.12. The van der Waals surface area contributed by atoms with E-state index in [1.165, 1.54) is 11.3 Å². The van der Waals surface area contributed by atoms with Crippen molar-refractivity contribution in [2.45, 2.75) is 26.3 Å². The number of nitriles is 1. The maximum atomic E-state index is 12.2. The minimum atomic E-state index is -0.0738. The molecule has 0 unspecified atom stereocenters. The summed E-state index contributed by atoms with van der Waals surface area (Å²) in [6.45, 7) is 5.70. The molecule has 0 fully saturated rings. The zero-order chi connectivity index (χ0) is 18.2. The van der Waals surface area contributed by atoms with Crippen LogP contribution in [-0.2, 0) is 4.79 Å². The summed E-state index contributed by atoms with van der Waals surface area (Å²) in [5, 5.41) is 14.3. The van der Waals surface area contributed by atoms with Crippen molar-refractivity contribution in [3.63, 3.8) is 0 Å². The maximum absolute atomic E-state index is 12.2. The van der Waals surface area contributed by atoms with Gasteiger partial charge in [-0.05, 0) is 42.6 Å². The first-order valence-electron chi connectivity index (χ1n) is 8.24. The fraction of sp³-hybridized carbons (Fsp3) is 0.368. The first kappa shape index (κ1) is 19.0. The molecule has 0 aliphatic heterocycles. The molecule has 0 aliphatic rings. The van der Waals surface area contributed by atoms with Gasteiger partial charge in [-0.2, -0.15) is 5.26 Å². The van der Waals surface area contributed by atoms with Gasteiger partial charge in [-0.15, -0.1) is 11.3 Å². The molecule has 2 rings (SSSR count). The van der Waals surface area contributed by atoms with E-state index >= 15 is 0 Å². The number of nitrogens with one attached hydrogen (secondary N) is 1. The monoisotopic (exact) mass is 357 g/mol. The van der Waals surface area contributed by atoms with E-state index in [1.54, 1.807) is 18.6 Å². The molecule has 1 amide bonds. The van der Waals surface area contributed by atoms with Crippen molar-refractivity contribution in [1.82, 2.24) is 4.90 Å². The predicted octanol–water partition coefficient (Wildman–Crippen LogP) is 4.04. The second-order valence-electron chi connectivity index (χ2n) is 5.65. The molecule has 5 nitrogen and oxygen atoms in total. The van der Waals surface area contributed by atoms with E-state index in [4.69, 9.17) is 10.00 Å². The Morgan fingerprint density at radius 3 is 2.92 bits per heavy atom. The lowest BCUT2D eigenvalue weighted by Gasteiger charge is -2.28. The van der Waals surface area contributed by atoms with E-state index in [0.717, 1.165) is 17.9 Å². The number of carbonyl (C=O) groups is 1. The Kier molecular flexibility index (Phi) is 6.99. The largest absolute Gasteiger partial charge is 0.497 e. The molecule has 25 heavy (non-hydrogen) atoms. The standard InChI is InChI=1S/C19H23N3O2S/c1-4-22(14(2)15-6-5-7-17(12-15)24-3)10-8-18(23)21-19-16(13-20)9-11-25-19/h5-7,9,11-12,14H,4,8,10H2,1-3H3,(H,21,23)/t14-/m1/s1. The highest BCUT2D eigenvalue weighted by atomic mass is 32.1. The van der Waals surface area contributed by atoms with E-state index in [-0.39, 0.29) is 11.9 Å². The van der Waals surface area contributed by atoms with Crippen molar-refractivity contribution in [2.24, 2.45) is 0 Å². The fourth-order valence-electron chi connectivity index (χ4n) is 2.67. The van der Waals surface area contributed by atoms with Crippen LogP contribution in [0.15, 0.2) is 35.7 Å². The summed E-state index contributed by atoms with van der Waals surface area (Å²) >= 11 is 1.37. The van der Waals surface area contributed by atoms with E-state index in [9.17, 15) is 4.79 Å². The molecule has 0 spiro atoms. The summed E-state index contributed by atoms with van der Waals surface area (Å²) in [5.41, 5.74) is 1.67. The first-order chi connectivity index (χ1) is 12.1. The number of ether oxygens (including phenoxy) is 1. The van der Waals surface area contributed by atoms with Crippen molar-refractivity contribution in [1.29, 1.82) is 5.26 Å². The molecule has 2 aromatic rings. The van der Waals surface area contributed by atoms with Crippen LogP contribution in [0.4, 0.5) is 5.00 Å². The summed E-state index contributed by atoms with van der Waals surface area (Å²) in [7, 11) is 1.66. The second kappa shape index (κ2) is 9.21. The van der Waals surface area contributed by atoms with Crippen LogP contribution in [0.2, 0.25) is 0 Å². The Hall–Kier alpha value is -2.36. The SMILES string of the molecule is CCN(CCC(=O)Nc1sccc1C#N)[C@H](C)c1cccc(OC)c1. The van der Waals surface area contributed by atoms with Gasteiger partial charge in [0, 0.05) is 19.0 Å². The van der Waals surface area contributed by atoms with E-state index in [0.29, 0.717) is 23.5 Å². The molecule has 1 aromatic heterocycles. The van der Waals surface area contributed by atoms with Crippen molar-refractivity contribution >= 4 is 22.2 Å². The van der Waals surface area contributed by atoms with Gasteiger partial charge < -0.3 is 10.1 Å². The molecular formula is C19H23N3O2S. The number of nitrogens with zero attached hydrogens (tertiary/aromatic N) is 2. The van der Waals surface area contributed by atoms with Gasteiger partial charge in [0.05, 0.1) is 12.7 Å². The lowest BCUT2D eigenvalue weighted by atomic mass is 10.1. The molecule has 1 heterocycles. The van der Waals surface area contributed by atoms with Crippen LogP contribution in [0.3, 0.4) is 0 Å². The normalized spacial score (nSPS) is 11.8. The van der Waals surface area contributed by atoms with Crippen LogP contribution < -0.4 is 10.1 Å². The molecule has 0 aliphatic carbocycles. The quantitative estimate of drug-likeness (QED) is 0.774. The Morgan fingerprint density at radius 1 is 1.44 bits per heavy atom. The van der Waals surface area contributed by atoms with E-state index in [1.807, 2.05) is 18.2 Å². The minimum Gasteiger partial charge on any atom is -0.497 e. The summed E-state index contributed by atoms with van der Waals surface area (Å²) in [5.74, 6) is 0.759. The summed E-state index contributed by atoms with van der Waals surface area (Å²) < 4.78 is 5.29. The summed E-state index contributed by atoms with van der Waals surface area (Å²) in [6.07, 6.45) is 0.380. The third-order valence-electron chi connectivity index (χ3n) is 4.19. The number of hydrogen-bond acceptors (Lipinski definition) is 5. The Balaban J connectivity index is 1.94. The molecule has 132 valence electrons. The Labute approximate surface area is 152 Å². The van der Waals surface area contributed by atoms with Crippen LogP contribution in [0, 0.1) is 11.3 Å². The third kappa shape index (κ3) is 5.05. The minimum absolute atomic E-state index is 0.0738. The van der Waals surface area contributed by atoms with Crippen molar-refractivity contribution in [2.75, 3.05) is 25.5 Å². The van der Waals surface area contributed by atoms with E-state index in [2.05, 4.69) is 36.2 Å². The summed E-state index contributed by atoms with van der Waals surface area (Å²) in [4.78, 5) is 14.4. The van der Waals surface area contributed by atoms with Crippen LogP contribution in [0.5, 0.6) is 5.75 Å². The Bertz CT molecular complexity index is 751. The molecule has 0 saturated heterocycles. The average Bonchev–Trinajstić information content (AvgIpc) is 3.09. The molecule has 1 N–H and O–H groups in total. The fourth-order valence-corrected chi connectivity index (χ4v) is 3.42. The van der Waals surface area contributed by atoms with Crippen molar-refractivity contribution in [3.05, 3.63) is 46.8 Å².